The predicted octanol–water partition coefficient (Wildman–Crippen LogP) is 3.64. The average molecular weight is 453 g/mol. The van der Waals surface area contributed by atoms with Gasteiger partial charge in [-0.15, -0.1) is 0 Å². The van der Waals surface area contributed by atoms with Gasteiger partial charge in [-0.25, -0.2) is 4.98 Å². The standard InChI is InChI=1S/C24H22F3N5O/c1-16-13-31-14-18(11-21(23(31)29-16)24(25,26)27)17-3-2-4-19-5-6-20(15-32(19)22(33)12-17)30-9-7-28-8-10-30/h2-6,11-15,28H,7-10H2,1H3/b3-2+,17-12+,19-4+. The number of aromatic nitrogens is 2. The lowest BCUT2D eigenvalue weighted by atomic mass is 10.0. The van der Waals surface area contributed by atoms with Crippen LogP contribution in [0.4, 0.5) is 13.2 Å². The molecule has 1 saturated heterocycles. The highest BCUT2D eigenvalue weighted by Gasteiger charge is 2.35. The third-order valence-corrected chi connectivity index (χ3v) is 5.82. The van der Waals surface area contributed by atoms with Crippen LogP contribution in [-0.2, 0) is 11.0 Å². The van der Waals surface area contributed by atoms with Gasteiger partial charge in [-0.3, -0.25) is 9.69 Å². The van der Waals surface area contributed by atoms with E-state index in [0.29, 0.717) is 17.0 Å². The molecular formula is C24H22F3N5O. The van der Waals surface area contributed by atoms with E-state index in [-0.39, 0.29) is 17.1 Å². The number of nitrogens with one attached hydrogen (secondary N) is 1. The molecule has 33 heavy (non-hydrogen) atoms. The summed E-state index contributed by atoms with van der Waals surface area (Å²) in [5.74, 6) is -0.326. The lowest BCUT2D eigenvalue weighted by Crippen LogP contribution is -2.43. The maximum atomic E-state index is 13.7. The molecule has 0 unspecified atom stereocenters. The summed E-state index contributed by atoms with van der Waals surface area (Å²) >= 11 is 0. The lowest BCUT2D eigenvalue weighted by Gasteiger charge is -2.33. The van der Waals surface area contributed by atoms with Crippen molar-refractivity contribution in [2.24, 2.45) is 0 Å². The van der Waals surface area contributed by atoms with Crippen LogP contribution in [0.2, 0.25) is 0 Å². The molecule has 1 amide bonds. The summed E-state index contributed by atoms with van der Waals surface area (Å²) in [6.07, 6.45) is 10.7. The summed E-state index contributed by atoms with van der Waals surface area (Å²) < 4.78 is 42.6. The maximum absolute atomic E-state index is 13.7. The Balaban J connectivity index is 1.55. The minimum absolute atomic E-state index is 0.155. The van der Waals surface area contributed by atoms with Crippen molar-refractivity contribution in [1.82, 2.24) is 24.5 Å². The molecule has 0 aromatic carbocycles. The molecule has 170 valence electrons. The maximum Gasteiger partial charge on any atom is 0.420 e. The summed E-state index contributed by atoms with van der Waals surface area (Å²) in [7, 11) is 0. The summed E-state index contributed by atoms with van der Waals surface area (Å²) in [6.45, 7) is 5.05. The van der Waals surface area contributed by atoms with Crippen molar-refractivity contribution in [3.63, 3.8) is 0 Å². The van der Waals surface area contributed by atoms with Gasteiger partial charge in [0.25, 0.3) is 5.91 Å². The van der Waals surface area contributed by atoms with Gasteiger partial charge in [0.15, 0.2) is 0 Å². The number of carbonyl (C=O) groups is 1. The first-order valence-corrected chi connectivity index (χ1v) is 10.7. The molecule has 6 nitrogen and oxygen atoms in total. The van der Waals surface area contributed by atoms with Crippen LogP contribution in [0, 0.1) is 6.92 Å². The molecule has 1 N–H and O–H groups in total. The summed E-state index contributed by atoms with van der Waals surface area (Å²) in [6, 6.07) is 1.05. The van der Waals surface area contributed by atoms with E-state index < -0.39 is 11.7 Å². The zero-order valence-electron chi connectivity index (χ0n) is 17.9. The summed E-state index contributed by atoms with van der Waals surface area (Å²) in [4.78, 5) is 20.9. The fourth-order valence-corrected chi connectivity index (χ4v) is 4.21. The topological polar surface area (TPSA) is 52.9 Å². The van der Waals surface area contributed by atoms with E-state index >= 15 is 0 Å². The molecule has 0 aliphatic carbocycles. The Morgan fingerprint density at radius 2 is 1.82 bits per heavy atom. The Labute approximate surface area is 188 Å². The van der Waals surface area contributed by atoms with E-state index in [4.69, 9.17) is 0 Å². The van der Waals surface area contributed by atoms with Crippen molar-refractivity contribution in [3.8, 4) is 0 Å². The van der Waals surface area contributed by atoms with Crippen LogP contribution in [0.25, 0.3) is 11.2 Å². The van der Waals surface area contributed by atoms with Crippen molar-refractivity contribution in [2.75, 3.05) is 26.2 Å². The summed E-state index contributed by atoms with van der Waals surface area (Å²) in [5.41, 5.74) is 1.79. The number of halogens is 3. The van der Waals surface area contributed by atoms with Gasteiger partial charge in [0.2, 0.25) is 0 Å². The van der Waals surface area contributed by atoms with Gasteiger partial charge in [0.1, 0.15) is 5.65 Å². The first-order chi connectivity index (χ1) is 15.8. The predicted molar refractivity (Wildman–Crippen MR) is 119 cm³/mol. The number of fused-ring (bicyclic) bond motifs is 2. The highest BCUT2D eigenvalue weighted by atomic mass is 19.4. The van der Waals surface area contributed by atoms with Gasteiger partial charge in [-0.1, -0.05) is 12.2 Å². The van der Waals surface area contributed by atoms with Crippen LogP contribution >= 0.6 is 0 Å². The third kappa shape index (κ3) is 4.11. The number of amides is 1. The fraction of sp³-hybridized carbons (Fsp3) is 0.250. The number of allylic oxidation sites excluding steroid dienone is 6. The van der Waals surface area contributed by atoms with Crippen molar-refractivity contribution in [1.29, 1.82) is 0 Å². The molecule has 2 aromatic heterocycles. The Bertz CT molecular complexity index is 1270. The molecule has 3 aliphatic heterocycles. The number of piperazine rings is 1. The number of hydrogen-bond acceptors (Lipinski definition) is 4. The third-order valence-electron chi connectivity index (χ3n) is 5.82. The van der Waals surface area contributed by atoms with E-state index in [9.17, 15) is 18.0 Å². The van der Waals surface area contributed by atoms with Crippen LogP contribution < -0.4 is 5.32 Å². The number of aryl methyl sites for hydroxylation is 1. The molecule has 2 aromatic rings. The highest BCUT2D eigenvalue weighted by molar-refractivity contribution is 6.00. The first-order valence-electron chi connectivity index (χ1n) is 10.7. The molecule has 0 spiro atoms. The Kier molecular flexibility index (Phi) is 5.20. The van der Waals surface area contributed by atoms with Crippen LogP contribution in [0.1, 0.15) is 16.8 Å². The van der Waals surface area contributed by atoms with E-state index in [0.717, 1.165) is 37.9 Å². The molecule has 5 rings (SSSR count). The van der Waals surface area contributed by atoms with E-state index in [1.165, 1.54) is 15.4 Å². The number of imidazole rings is 1. The van der Waals surface area contributed by atoms with Crippen LogP contribution in [0.15, 0.2) is 72.5 Å². The van der Waals surface area contributed by atoms with E-state index in [1.807, 2.05) is 12.2 Å². The van der Waals surface area contributed by atoms with Gasteiger partial charge in [0.05, 0.1) is 17.0 Å². The Morgan fingerprint density at radius 1 is 1.06 bits per heavy atom. The molecule has 0 bridgehead atoms. The second-order valence-electron chi connectivity index (χ2n) is 8.14. The highest BCUT2D eigenvalue weighted by Crippen LogP contribution is 2.35. The van der Waals surface area contributed by atoms with Crippen LogP contribution in [-0.4, -0.2) is 51.3 Å². The van der Waals surface area contributed by atoms with Crippen LogP contribution in [0.3, 0.4) is 0 Å². The van der Waals surface area contributed by atoms with Gasteiger partial charge in [-0.2, -0.15) is 13.2 Å². The van der Waals surface area contributed by atoms with Crippen molar-refractivity contribution in [3.05, 3.63) is 89.3 Å². The average Bonchev–Trinajstić information content (AvgIpc) is 3.16. The zero-order valence-corrected chi connectivity index (χ0v) is 17.9. The molecule has 9 heteroatoms. The Morgan fingerprint density at radius 3 is 2.58 bits per heavy atom. The number of nitrogens with zero attached hydrogens (tertiary/aromatic N) is 4. The minimum atomic E-state index is -4.57. The van der Waals surface area contributed by atoms with Crippen LogP contribution in [0.5, 0.6) is 0 Å². The van der Waals surface area contributed by atoms with Crippen molar-refractivity contribution < 1.29 is 18.0 Å². The van der Waals surface area contributed by atoms with Gasteiger partial charge >= 0.3 is 6.18 Å². The molecule has 5 heterocycles. The second kappa shape index (κ2) is 8.08. The number of carbonyl (C=O) groups excluding carboxylic acids is 1. The zero-order chi connectivity index (χ0) is 23.2. The summed E-state index contributed by atoms with van der Waals surface area (Å²) in [5, 5.41) is 3.30. The Hall–Kier alpha value is -3.59. The molecule has 0 radical (unpaired) electrons. The molecule has 3 aliphatic rings. The number of rotatable bonds is 2. The largest absolute Gasteiger partial charge is 0.420 e. The monoisotopic (exact) mass is 453 g/mol. The number of alkyl halides is 3. The van der Waals surface area contributed by atoms with Gasteiger partial charge in [-0.05, 0) is 42.4 Å². The quantitative estimate of drug-likeness (QED) is 0.755. The number of pyridine rings is 1. The molecular weight excluding hydrogens is 431 g/mol. The van der Waals surface area contributed by atoms with Crippen molar-refractivity contribution >= 4 is 17.1 Å². The molecule has 1 fully saturated rings. The second-order valence-corrected chi connectivity index (χ2v) is 8.14. The van der Waals surface area contributed by atoms with Gasteiger partial charge in [0, 0.05) is 56.5 Å². The smallest absolute Gasteiger partial charge is 0.368 e. The minimum Gasteiger partial charge on any atom is -0.368 e. The number of hydrogen-bond donors (Lipinski definition) is 1. The van der Waals surface area contributed by atoms with Gasteiger partial charge < -0.3 is 14.6 Å². The lowest BCUT2D eigenvalue weighted by molar-refractivity contribution is -0.136. The normalized spacial score (nSPS) is 23.3. The van der Waals surface area contributed by atoms with Crippen molar-refractivity contribution in [2.45, 2.75) is 13.1 Å². The fourth-order valence-electron chi connectivity index (χ4n) is 4.21. The molecule has 0 atom stereocenters. The van der Waals surface area contributed by atoms with E-state index in [1.54, 1.807) is 43.7 Å². The SMILES string of the molecule is Cc1cn2cc(C3=C\C(=O)N4C=C(N5CCNCC5)C=C\C4=C/C=C/3)cc(C(F)(F)F)c2n1. The van der Waals surface area contributed by atoms with E-state index in [2.05, 4.69) is 15.2 Å². The first kappa shape index (κ1) is 21.3. The molecule has 0 saturated carbocycles.